The minimum Gasteiger partial charge on any atom is -0.355 e. The Kier molecular flexibility index (Phi) is 4.24. The smallest absolute Gasteiger partial charge is 0.128 e. The summed E-state index contributed by atoms with van der Waals surface area (Å²) in [5.41, 5.74) is 1.09. The maximum Gasteiger partial charge on any atom is 0.128 e. The van der Waals surface area contributed by atoms with Gasteiger partial charge < -0.3 is 4.90 Å². The van der Waals surface area contributed by atoms with Crippen molar-refractivity contribution in [2.75, 3.05) is 31.1 Å². The predicted molar refractivity (Wildman–Crippen MR) is 79.8 cm³/mol. The third-order valence-electron chi connectivity index (χ3n) is 4.36. The third kappa shape index (κ3) is 3.03. The van der Waals surface area contributed by atoms with Crippen molar-refractivity contribution in [2.45, 2.75) is 37.6 Å². The number of piperidine rings is 1. The van der Waals surface area contributed by atoms with E-state index in [2.05, 4.69) is 26.9 Å². The lowest BCUT2D eigenvalue weighted by molar-refractivity contribution is 0.175. The van der Waals surface area contributed by atoms with Crippen molar-refractivity contribution in [1.29, 1.82) is 0 Å². The number of hydrogen-bond acceptors (Lipinski definition) is 3. The molecule has 1 unspecified atom stereocenters. The number of pyridine rings is 1. The first-order valence-electron chi connectivity index (χ1n) is 7.37. The van der Waals surface area contributed by atoms with Crippen LogP contribution >= 0.6 is 11.6 Å². The molecule has 2 aliphatic rings. The zero-order chi connectivity index (χ0) is 13.1. The van der Waals surface area contributed by atoms with Crippen LogP contribution in [0.3, 0.4) is 0 Å². The molecule has 1 aromatic heterocycles. The Balaban J connectivity index is 1.61. The van der Waals surface area contributed by atoms with Crippen molar-refractivity contribution >= 4 is 17.4 Å². The fraction of sp³-hybridized carbons (Fsp3) is 0.667. The van der Waals surface area contributed by atoms with Gasteiger partial charge in [0, 0.05) is 31.2 Å². The van der Waals surface area contributed by atoms with E-state index in [1.807, 2.05) is 6.20 Å². The van der Waals surface area contributed by atoms with E-state index in [-0.39, 0.29) is 0 Å². The first-order valence-corrected chi connectivity index (χ1v) is 7.90. The van der Waals surface area contributed by atoms with Crippen molar-refractivity contribution in [3.63, 3.8) is 0 Å². The highest BCUT2D eigenvalue weighted by Gasteiger charge is 2.28. The molecule has 3 nitrogen and oxygen atoms in total. The highest BCUT2D eigenvalue weighted by Crippen LogP contribution is 2.24. The molecule has 0 radical (unpaired) electrons. The van der Waals surface area contributed by atoms with Crippen molar-refractivity contribution < 1.29 is 0 Å². The Morgan fingerprint density at radius 2 is 2.00 bits per heavy atom. The summed E-state index contributed by atoms with van der Waals surface area (Å²) in [6.07, 6.45) is 7.34. The molecule has 3 heterocycles. The highest BCUT2D eigenvalue weighted by molar-refractivity contribution is 6.17. The van der Waals surface area contributed by atoms with Gasteiger partial charge in [-0.2, -0.15) is 0 Å². The lowest BCUT2D eigenvalue weighted by Crippen LogP contribution is -2.40. The van der Waals surface area contributed by atoms with Gasteiger partial charge in [-0.15, -0.1) is 11.6 Å². The van der Waals surface area contributed by atoms with Crippen molar-refractivity contribution in [1.82, 2.24) is 9.88 Å². The molecule has 0 aliphatic carbocycles. The van der Waals surface area contributed by atoms with Gasteiger partial charge >= 0.3 is 0 Å². The van der Waals surface area contributed by atoms with E-state index in [1.165, 1.54) is 38.8 Å². The zero-order valence-corrected chi connectivity index (χ0v) is 12.1. The van der Waals surface area contributed by atoms with Crippen LogP contribution in [-0.4, -0.2) is 42.1 Å². The van der Waals surface area contributed by atoms with Gasteiger partial charge in [0.2, 0.25) is 0 Å². The number of likely N-dealkylation sites (tertiary alicyclic amines) is 1. The van der Waals surface area contributed by atoms with E-state index in [0.29, 0.717) is 5.88 Å². The van der Waals surface area contributed by atoms with Crippen LogP contribution in [0.2, 0.25) is 0 Å². The van der Waals surface area contributed by atoms with Crippen LogP contribution in [0.5, 0.6) is 0 Å². The van der Waals surface area contributed by atoms with Gasteiger partial charge in [0.25, 0.3) is 0 Å². The number of nitrogens with zero attached hydrogens (tertiary/aromatic N) is 3. The summed E-state index contributed by atoms with van der Waals surface area (Å²) in [5, 5.41) is 0. The monoisotopic (exact) mass is 279 g/mol. The molecule has 2 aliphatic heterocycles. The second kappa shape index (κ2) is 6.10. The average Bonchev–Trinajstić information content (AvgIpc) is 2.98. The van der Waals surface area contributed by atoms with Crippen molar-refractivity contribution in [2.24, 2.45) is 0 Å². The number of anilines is 1. The summed E-state index contributed by atoms with van der Waals surface area (Å²) < 4.78 is 0. The predicted octanol–water partition coefficient (Wildman–Crippen LogP) is 2.89. The van der Waals surface area contributed by atoms with Gasteiger partial charge in [-0.25, -0.2) is 4.98 Å². The summed E-state index contributed by atoms with van der Waals surface area (Å²) in [6, 6.07) is 4.93. The molecule has 2 fully saturated rings. The Bertz CT molecular complexity index is 400. The van der Waals surface area contributed by atoms with Gasteiger partial charge in [-0.1, -0.05) is 12.5 Å². The Morgan fingerprint density at radius 1 is 1.16 bits per heavy atom. The number of halogens is 1. The van der Waals surface area contributed by atoms with Gasteiger partial charge in [0.05, 0.1) is 0 Å². The SMILES string of the molecule is ClCc1ccc(N2CCC(N3CCCCC3)C2)nc1. The molecule has 0 aromatic carbocycles. The number of alkyl halides is 1. The largest absolute Gasteiger partial charge is 0.355 e. The topological polar surface area (TPSA) is 19.4 Å². The van der Waals surface area contributed by atoms with E-state index in [1.54, 1.807) is 0 Å². The summed E-state index contributed by atoms with van der Waals surface area (Å²) in [4.78, 5) is 9.63. The van der Waals surface area contributed by atoms with E-state index in [9.17, 15) is 0 Å². The Labute approximate surface area is 120 Å². The molecule has 1 atom stereocenters. The minimum atomic E-state index is 0.545. The molecular formula is C15H22ClN3. The lowest BCUT2D eigenvalue weighted by Gasteiger charge is -2.32. The summed E-state index contributed by atoms with van der Waals surface area (Å²) >= 11 is 5.80. The van der Waals surface area contributed by atoms with Crippen LogP contribution in [0.15, 0.2) is 18.3 Å². The van der Waals surface area contributed by atoms with Crippen LogP contribution < -0.4 is 4.90 Å². The van der Waals surface area contributed by atoms with Gasteiger partial charge in [0.1, 0.15) is 5.82 Å². The molecule has 0 saturated carbocycles. The van der Waals surface area contributed by atoms with Crippen LogP contribution in [0.4, 0.5) is 5.82 Å². The second-order valence-electron chi connectivity index (χ2n) is 5.64. The summed E-state index contributed by atoms with van der Waals surface area (Å²) in [6.45, 7) is 4.84. The van der Waals surface area contributed by atoms with Crippen LogP contribution in [-0.2, 0) is 5.88 Å². The number of hydrogen-bond donors (Lipinski definition) is 0. The van der Waals surface area contributed by atoms with Gasteiger partial charge in [-0.05, 0) is 44.0 Å². The zero-order valence-electron chi connectivity index (χ0n) is 11.4. The van der Waals surface area contributed by atoms with E-state index >= 15 is 0 Å². The van der Waals surface area contributed by atoms with E-state index in [4.69, 9.17) is 11.6 Å². The molecule has 0 amide bonds. The van der Waals surface area contributed by atoms with Crippen LogP contribution in [0.1, 0.15) is 31.2 Å². The molecule has 4 heteroatoms. The van der Waals surface area contributed by atoms with Crippen molar-refractivity contribution in [3.8, 4) is 0 Å². The fourth-order valence-electron chi connectivity index (χ4n) is 3.21. The van der Waals surface area contributed by atoms with Crippen LogP contribution in [0, 0.1) is 0 Å². The third-order valence-corrected chi connectivity index (χ3v) is 4.67. The number of aromatic nitrogens is 1. The molecule has 104 valence electrons. The Morgan fingerprint density at radius 3 is 2.68 bits per heavy atom. The van der Waals surface area contributed by atoms with E-state index < -0.39 is 0 Å². The summed E-state index contributed by atoms with van der Waals surface area (Å²) in [5.74, 6) is 1.65. The minimum absolute atomic E-state index is 0.545. The molecule has 0 bridgehead atoms. The normalized spacial score (nSPS) is 24.9. The van der Waals surface area contributed by atoms with E-state index in [0.717, 1.165) is 30.5 Å². The molecule has 0 spiro atoms. The fourth-order valence-corrected chi connectivity index (χ4v) is 3.37. The maximum absolute atomic E-state index is 5.80. The quantitative estimate of drug-likeness (QED) is 0.793. The highest BCUT2D eigenvalue weighted by atomic mass is 35.5. The maximum atomic E-state index is 5.80. The lowest BCUT2D eigenvalue weighted by atomic mass is 10.1. The average molecular weight is 280 g/mol. The van der Waals surface area contributed by atoms with Gasteiger partial charge in [0.15, 0.2) is 0 Å². The van der Waals surface area contributed by atoms with Crippen LogP contribution in [0.25, 0.3) is 0 Å². The number of rotatable bonds is 3. The molecule has 3 rings (SSSR count). The van der Waals surface area contributed by atoms with Crippen molar-refractivity contribution in [3.05, 3.63) is 23.9 Å². The summed E-state index contributed by atoms with van der Waals surface area (Å²) in [7, 11) is 0. The molecule has 2 saturated heterocycles. The molecular weight excluding hydrogens is 258 g/mol. The first-order chi connectivity index (χ1) is 9.36. The molecule has 0 N–H and O–H groups in total. The van der Waals surface area contributed by atoms with Gasteiger partial charge in [-0.3, -0.25) is 4.90 Å². The second-order valence-corrected chi connectivity index (χ2v) is 5.91. The molecule has 1 aromatic rings. The standard InChI is InChI=1S/C15H22ClN3/c16-10-13-4-5-15(17-11-13)19-9-6-14(12-19)18-7-2-1-3-8-18/h4-5,11,14H,1-3,6-10,12H2. The Hall–Kier alpha value is -0.800. The molecule has 19 heavy (non-hydrogen) atoms. The first kappa shape index (κ1) is 13.2.